The average molecular weight is 483 g/mol. The van der Waals surface area contributed by atoms with E-state index in [0.717, 1.165) is 44.0 Å². The molecular weight excluding hydrogens is 460 g/mol. The molecule has 1 atom stereocenters. The van der Waals surface area contributed by atoms with E-state index in [4.69, 9.17) is 0 Å². The summed E-state index contributed by atoms with van der Waals surface area (Å²) in [6, 6.07) is 19.3. The van der Waals surface area contributed by atoms with Gasteiger partial charge in [-0.3, -0.25) is 0 Å². The third-order valence-electron chi connectivity index (χ3n) is 5.79. The van der Waals surface area contributed by atoms with Gasteiger partial charge in [0, 0.05) is 36.2 Å². The highest BCUT2D eigenvalue weighted by atomic mass is 32.1. The average Bonchev–Trinajstić information content (AvgIpc) is 3.31. The second kappa shape index (κ2) is 9.19. The van der Waals surface area contributed by atoms with Crippen molar-refractivity contribution >= 4 is 33.2 Å². The smallest absolute Gasteiger partial charge is 0.363 e. The van der Waals surface area contributed by atoms with Crippen LogP contribution in [-0.2, 0) is 0 Å². The lowest BCUT2D eigenvalue weighted by Gasteiger charge is -2.17. The summed E-state index contributed by atoms with van der Waals surface area (Å²) in [6.07, 6.45) is 0. The molecule has 1 N–H and O–H groups in total. The lowest BCUT2D eigenvalue weighted by atomic mass is 9.99. The van der Waals surface area contributed by atoms with Crippen molar-refractivity contribution in [2.75, 3.05) is 5.32 Å². The number of nitrogens with zero attached hydrogens (tertiary/aromatic N) is 5. The molecule has 3 heterocycles. The lowest BCUT2D eigenvalue weighted by Crippen LogP contribution is -2.09. The molecule has 0 spiro atoms. The quantitative estimate of drug-likeness (QED) is 0.217. The predicted molar refractivity (Wildman–Crippen MR) is 138 cm³/mol. The second-order valence-electron chi connectivity index (χ2n) is 8.27. The molecule has 5 aromatic rings. The van der Waals surface area contributed by atoms with Crippen LogP contribution in [0.15, 0.2) is 66.2 Å². The number of aryl methyl sites for hydroxylation is 2. The summed E-state index contributed by atoms with van der Waals surface area (Å²) < 4.78 is 1.12. The van der Waals surface area contributed by atoms with E-state index in [-0.39, 0.29) is 11.9 Å². The zero-order valence-electron chi connectivity index (χ0n) is 19.4. The summed E-state index contributed by atoms with van der Waals surface area (Å²) in [5, 5.41) is 14.5. The van der Waals surface area contributed by atoms with Crippen LogP contribution in [0.2, 0.25) is 0 Å². The maximum atomic E-state index is 11.0. The van der Waals surface area contributed by atoms with E-state index in [1.807, 2.05) is 48.8 Å². The van der Waals surface area contributed by atoms with Crippen LogP contribution < -0.4 is 5.32 Å². The van der Waals surface area contributed by atoms with Crippen molar-refractivity contribution in [1.29, 1.82) is 0 Å². The number of benzene rings is 2. The summed E-state index contributed by atoms with van der Waals surface area (Å²) in [5.41, 5.74) is 8.19. The van der Waals surface area contributed by atoms with Gasteiger partial charge in [0.05, 0.1) is 21.4 Å². The molecule has 2 aromatic carbocycles. The summed E-state index contributed by atoms with van der Waals surface area (Å²) in [7, 11) is 0. The Labute approximate surface area is 205 Å². The number of hydrogen-bond acceptors (Lipinski definition) is 8. The number of rotatable bonds is 6. The van der Waals surface area contributed by atoms with Gasteiger partial charge >= 0.3 is 5.82 Å². The zero-order valence-corrected chi connectivity index (χ0v) is 20.2. The molecule has 9 heteroatoms. The number of nitrogens with one attached hydrogen (secondary N) is 1. The van der Waals surface area contributed by atoms with Gasteiger partial charge in [-0.1, -0.05) is 24.3 Å². The summed E-state index contributed by atoms with van der Waals surface area (Å²) >= 11 is 1.61. The van der Waals surface area contributed by atoms with Crippen molar-refractivity contribution < 1.29 is 4.92 Å². The minimum atomic E-state index is -0.480. The van der Waals surface area contributed by atoms with Gasteiger partial charge in [-0.25, -0.2) is 15.0 Å². The zero-order chi connectivity index (χ0) is 24.5. The van der Waals surface area contributed by atoms with Crippen LogP contribution in [-0.4, -0.2) is 24.9 Å². The number of anilines is 1. The molecule has 174 valence electrons. The van der Waals surface area contributed by atoms with Gasteiger partial charge in [0.2, 0.25) is 0 Å². The first-order valence-corrected chi connectivity index (χ1v) is 11.9. The number of thiazole rings is 1. The highest BCUT2D eigenvalue weighted by Crippen LogP contribution is 2.30. The summed E-state index contributed by atoms with van der Waals surface area (Å²) in [4.78, 5) is 28.2. The molecule has 8 nitrogen and oxygen atoms in total. The van der Waals surface area contributed by atoms with E-state index in [0.29, 0.717) is 11.5 Å². The maximum Gasteiger partial charge on any atom is 0.363 e. The lowest BCUT2D eigenvalue weighted by molar-refractivity contribution is -0.389. The van der Waals surface area contributed by atoms with E-state index in [1.54, 1.807) is 24.3 Å². The van der Waals surface area contributed by atoms with Gasteiger partial charge in [0.1, 0.15) is 11.6 Å². The van der Waals surface area contributed by atoms with Gasteiger partial charge in [-0.15, -0.1) is 11.3 Å². The van der Waals surface area contributed by atoms with Gasteiger partial charge in [-0.2, -0.15) is 0 Å². The first-order valence-electron chi connectivity index (χ1n) is 11.1. The Kier molecular flexibility index (Phi) is 5.92. The maximum absolute atomic E-state index is 11.0. The Bertz CT molecular complexity index is 1570. The molecule has 0 radical (unpaired) electrons. The Balaban J connectivity index is 1.41. The summed E-state index contributed by atoms with van der Waals surface area (Å²) in [6.45, 7) is 5.74. The van der Waals surface area contributed by atoms with Gasteiger partial charge in [-0.05, 0) is 59.1 Å². The number of pyridine rings is 1. The molecule has 0 aliphatic heterocycles. The normalized spacial score (nSPS) is 12.0. The fourth-order valence-electron chi connectivity index (χ4n) is 4.04. The minimum absolute atomic E-state index is 0.0348. The molecule has 3 aromatic heterocycles. The minimum Gasteiger partial charge on any atom is -0.363 e. The van der Waals surface area contributed by atoms with Crippen LogP contribution in [0.25, 0.3) is 32.6 Å². The molecule has 0 aliphatic rings. The Morgan fingerprint density at radius 3 is 2.63 bits per heavy atom. The van der Waals surface area contributed by atoms with Gasteiger partial charge in [0.25, 0.3) is 0 Å². The van der Waals surface area contributed by atoms with Crippen LogP contribution in [0, 0.1) is 24.0 Å². The molecule has 0 fully saturated rings. The number of hydrogen-bond donors (Lipinski definition) is 1. The standard InChI is InChI=1S/C26H22N6O2S/c1-15(18-5-4-6-19(11-18)21-8-10-26(32(33)34)29-16(21)2)28-25-13-23(30-17(3)31-25)20-7-9-22-24(12-20)35-14-27-22/h4-15H,1-3H3,(H,28,30,31). The van der Waals surface area contributed by atoms with E-state index in [1.165, 1.54) is 6.07 Å². The van der Waals surface area contributed by atoms with Crippen molar-refractivity contribution in [2.24, 2.45) is 0 Å². The van der Waals surface area contributed by atoms with Crippen molar-refractivity contribution in [1.82, 2.24) is 19.9 Å². The molecule has 35 heavy (non-hydrogen) atoms. The fourth-order valence-corrected chi connectivity index (χ4v) is 4.76. The van der Waals surface area contributed by atoms with Crippen molar-refractivity contribution in [3.8, 4) is 22.4 Å². The summed E-state index contributed by atoms with van der Waals surface area (Å²) in [5.74, 6) is 1.27. The fraction of sp³-hybridized carbons (Fsp3) is 0.154. The molecular formula is C26H22N6O2S. The van der Waals surface area contributed by atoms with Crippen LogP contribution in [0.1, 0.15) is 30.0 Å². The van der Waals surface area contributed by atoms with E-state index in [9.17, 15) is 10.1 Å². The topological polar surface area (TPSA) is 107 Å². The van der Waals surface area contributed by atoms with Crippen molar-refractivity contribution in [3.63, 3.8) is 0 Å². The first-order chi connectivity index (χ1) is 16.9. The highest BCUT2D eigenvalue weighted by molar-refractivity contribution is 7.16. The molecule has 0 aliphatic carbocycles. The van der Waals surface area contributed by atoms with Crippen molar-refractivity contribution in [3.05, 3.63) is 93.4 Å². The van der Waals surface area contributed by atoms with E-state index >= 15 is 0 Å². The molecule has 0 amide bonds. The number of nitro groups is 1. The molecule has 0 bridgehead atoms. The third-order valence-corrected chi connectivity index (χ3v) is 6.58. The molecule has 0 saturated heterocycles. The monoisotopic (exact) mass is 482 g/mol. The molecule has 5 rings (SSSR count). The largest absolute Gasteiger partial charge is 0.363 e. The third kappa shape index (κ3) is 4.71. The Hall–Kier alpha value is -4.24. The van der Waals surface area contributed by atoms with E-state index < -0.39 is 4.92 Å². The molecule has 0 saturated carbocycles. The van der Waals surface area contributed by atoms with Crippen LogP contribution >= 0.6 is 11.3 Å². The van der Waals surface area contributed by atoms with Crippen LogP contribution in [0.5, 0.6) is 0 Å². The van der Waals surface area contributed by atoms with Crippen LogP contribution in [0.3, 0.4) is 0 Å². The molecule has 1 unspecified atom stereocenters. The van der Waals surface area contributed by atoms with Gasteiger partial charge in [0.15, 0.2) is 5.69 Å². The van der Waals surface area contributed by atoms with E-state index in [2.05, 4.69) is 44.3 Å². The Morgan fingerprint density at radius 1 is 0.971 bits per heavy atom. The van der Waals surface area contributed by atoms with Crippen LogP contribution in [0.4, 0.5) is 11.6 Å². The number of aromatic nitrogens is 4. The number of fused-ring (bicyclic) bond motifs is 1. The first kappa shape index (κ1) is 22.5. The van der Waals surface area contributed by atoms with Gasteiger partial charge < -0.3 is 15.4 Å². The SMILES string of the molecule is Cc1nc(NC(C)c2cccc(-c3ccc([N+](=O)[O-])nc3C)c2)cc(-c2ccc3ncsc3c2)n1. The second-order valence-corrected chi connectivity index (χ2v) is 9.16. The predicted octanol–water partition coefficient (Wildman–Crippen LogP) is 6.51. The van der Waals surface area contributed by atoms with Crippen molar-refractivity contribution in [2.45, 2.75) is 26.8 Å². The Morgan fingerprint density at radius 2 is 1.83 bits per heavy atom. The highest BCUT2D eigenvalue weighted by Gasteiger charge is 2.15.